The van der Waals surface area contributed by atoms with Crippen molar-refractivity contribution < 1.29 is 19.5 Å². The van der Waals surface area contributed by atoms with Gasteiger partial charge in [-0.2, -0.15) is 0 Å². The van der Waals surface area contributed by atoms with Crippen LogP contribution in [0.15, 0.2) is 0 Å². The quantitative estimate of drug-likeness (QED) is 0.619. The van der Waals surface area contributed by atoms with Gasteiger partial charge in [-0.3, -0.25) is 14.5 Å². The number of aliphatic hydroxyl groups excluding tert-OH is 1. The summed E-state index contributed by atoms with van der Waals surface area (Å²) in [5.74, 6) is -0.805. The predicted molar refractivity (Wildman–Crippen MR) is 63.6 cm³/mol. The fraction of sp³-hybridized carbons (Fsp3) is 0.727. The number of hydrogen-bond acceptors (Lipinski definition) is 4. The smallest absolute Gasteiger partial charge is 0.327 e. The van der Waals surface area contributed by atoms with Crippen LogP contribution >= 0.6 is 0 Å². The maximum Gasteiger partial charge on any atom is 0.327 e. The van der Waals surface area contributed by atoms with Gasteiger partial charge in [0.15, 0.2) is 0 Å². The van der Waals surface area contributed by atoms with E-state index in [1.807, 2.05) is 13.8 Å². The minimum atomic E-state index is -0.637. The number of rotatable bonds is 5. The highest BCUT2D eigenvalue weighted by molar-refractivity contribution is 6.04. The van der Waals surface area contributed by atoms with Gasteiger partial charge in [0.05, 0.1) is 6.10 Å². The number of carbonyl (C=O) groups is 3. The van der Waals surface area contributed by atoms with Crippen molar-refractivity contribution in [1.82, 2.24) is 15.1 Å². The molecule has 7 heteroatoms. The van der Waals surface area contributed by atoms with Gasteiger partial charge in [0.1, 0.15) is 13.1 Å². The van der Waals surface area contributed by atoms with Crippen LogP contribution in [0.2, 0.25) is 0 Å². The summed E-state index contributed by atoms with van der Waals surface area (Å²) in [7, 11) is 1.50. The Morgan fingerprint density at radius 2 is 2.06 bits per heavy atom. The molecule has 1 heterocycles. The number of imide groups is 1. The molecule has 0 radical (unpaired) electrons. The Balaban J connectivity index is 2.41. The Kier molecular flexibility index (Phi) is 4.66. The summed E-state index contributed by atoms with van der Waals surface area (Å²) in [4.78, 5) is 36.6. The summed E-state index contributed by atoms with van der Waals surface area (Å²) >= 11 is 0. The number of nitrogens with zero attached hydrogens (tertiary/aromatic N) is 2. The molecule has 1 rings (SSSR count). The molecule has 1 aliphatic heterocycles. The van der Waals surface area contributed by atoms with Gasteiger partial charge < -0.3 is 15.3 Å². The lowest BCUT2D eigenvalue weighted by Crippen LogP contribution is -2.43. The highest BCUT2D eigenvalue weighted by atomic mass is 16.3. The lowest BCUT2D eigenvalue weighted by atomic mass is 10.1. The van der Waals surface area contributed by atoms with Crippen molar-refractivity contribution >= 4 is 17.8 Å². The van der Waals surface area contributed by atoms with Crippen molar-refractivity contribution in [3.8, 4) is 0 Å². The second kappa shape index (κ2) is 5.81. The molecule has 0 aliphatic carbocycles. The average Bonchev–Trinajstić information content (AvgIpc) is 2.52. The van der Waals surface area contributed by atoms with Crippen molar-refractivity contribution in [3.05, 3.63) is 0 Å². The molecular formula is C11H19N3O4. The van der Waals surface area contributed by atoms with E-state index in [-0.39, 0.29) is 31.5 Å². The number of urea groups is 1. The van der Waals surface area contributed by atoms with E-state index in [2.05, 4.69) is 5.32 Å². The van der Waals surface area contributed by atoms with Gasteiger partial charge in [-0.25, -0.2) is 4.79 Å². The minimum absolute atomic E-state index is 0.000727. The van der Waals surface area contributed by atoms with Crippen LogP contribution in [-0.2, 0) is 9.59 Å². The number of likely N-dealkylation sites (N-methyl/N-ethyl adjacent to an activating group) is 1. The second-order valence-electron chi connectivity index (χ2n) is 4.73. The van der Waals surface area contributed by atoms with Gasteiger partial charge in [0.25, 0.3) is 5.91 Å². The molecule has 1 unspecified atom stereocenters. The Hall–Kier alpha value is -1.63. The zero-order chi connectivity index (χ0) is 13.9. The molecule has 7 nitrogen and oxygen atoms in total. The summed E-state index contributed by atoms with van der Waals surface area (Å²) < 4.78 is 0. The lowest BCUT2D eigenvalue weighted by molar-refractivity contribution is -0.130. The van der Waals surface area contributed by atoms with Gasteiger partial charge in [-0.1, -0.05) is 13.8 Å². The van der Waals surface area contributed by atoms with Gasteiger partial charge in [0, 0.05) is 13.6 Å². The minimum Gasteiger partial charge on any atom is -0.391 e. The summed E-state index contributed by atoms with van der Waals surface area (Å²) in [6.07, 6.45) is -0.637. The molecule has 0 spiro atoms. The molecular weight excluding hydrogens is 238 g/mol. The Labute approximate surface area is 106 Å². The van der Waals surface area contributed by atoms with Crippen molar-refractivity contribution in [3.63, 3.8) is 0 Å². The standard InChI is InChI=1S/C11H19N3O4/c1-7(2)8(15)4-12-9(16)5-14-10(17)6-13(3)11(14)18/h7-8,15H,4-6H2,1-3H3,(H,12,16). The maximum atomic E-state index is 11.5. The fourth-order valence-electron chi connectivity index (χ4n) is 1.48. The molecule has 0 aromatic heterocycles. The lowest BCUT2D eigenvalue weighted by Gasteiger charge is -2.17. The Bertz CT molecular complexity index is 356. The Morgan fingerprint density at radius 3 is 2.50 bits per heavy atom. The first kappa shape index (κ1) is 14.4. The van der Waals surface area contributed by atoms with Crippen LogP contribution in [0.1, 0.15) is 13.8 Å². The molecule has 4 amide bonds. The summed E-state index contributed by atoms with van der Waals surface area (Å²) in [5.41, 5.74) is 0. The van der Waals surface area contributed by atoms with Crippen LogP contribution < -0.4 is 5.32 Å². The van der Waals surface area contributed by atoms with E-state index in [4.69, 9.17) is 0 Å². The number of carbonyl (C=O) groups excluding carboxylic acids is 3. The molecule has 0 aromatic rings. The van der Waals surface area contributed by atoms with E-state index in [1.165, 1.54) is 11.9 Å². The molecule has 1 fully saturated rings. The first-order valence-electron chi connectivity index (χ1n) is 5.83. The molecule has 18 heavy (non-hydrogen) atoms. The largest absolute Gasteiger partial charge is 0.391 e. The molecule has 0 bridgehead atoms. The second-order valence-corrected chi connectivity index (χ2v) is 4.73. The van der Waals surface area contributed by atoms with Crippen molar-refractivity contribution in [2.24, 2.45) is 5.92 Å². The van der Waals surface area contributed by atoms with Crippen LogP contribution in [0.5, 0.6) is 0 Å². The van der Waals surface area contributed by atoms with Crippen molar-refractivity contribution in [2.45, 2.75) is 20.0 Å². The third-order valence-corrected chi connectivity index (χ3v) is 2.81. The summed E-state index contributed by atoms with van der Waals surface area (Å²) in [6.45, 7) is 3.48. The summed E-state index contributed by atoms with van der Waals surface area (Å²) in [6, 6.07) is -0.473. The molecule has 0 aromatic carbocycles. The maximum absolute atomic E-state index is 11.5. The number of amides is 4. The highest BCUT2D eigenvalue weighted by Crippen LogP contribution is 2.07. The van der Waals surface area contributed by atoms with Crippen LogP contribution in [-0.4, -0.2) is 65.5 Å². The topological polar surface area (TPSA) is 89.9 Å². The molecule has 102 valence electrons. The van der Waals surface area contributed by atoms with Gasteiger partial charge >= 0.3 is 6.03 Å². The third-order valence-electron chi connectivity index (χ3n) is 2.81. The van der Waals surface area contributed by atoms with Gasteiger partial charge in [-0.15, -0.1) is 0 Å². The normalized spacial score (nSPS) is 17.6. The Morgan fingerprint density at radius 1 is 1.44 bits per heavy atom. The zero-order valence-corrected chi connectivity index (χ0v) is 10.8. The van der Waals surface area contributed by atoms with Crippen LogP contribution in [0.4, 0.5) is 4.79 Å². The monoisotopic (exact) mass is 257 g/mol. The number of aliphatic hydroxyl groups is 1. The van der Waals surface area contributed by atoms with E-state index >= 15 is 0 Å². The fourth-order valence-corrected chi connectivity index (χ4v) is 1.48. The predicted octanol–water partition coefficient (Wildman–Crippen LogP) is -0.986. The third kappa shape index (κ3) is 3.43. The van der Waals surface area contributed by atoms with E-state index < -0.39 is 18.0 Å². The molecule has 1 aliphatic rings. The van der Waals surface area contributed by atoms with Gasteiger partial charge in [-0.05, 0) is 5.92 Å². The van der Waals surface area contributed by atoms with Crippen molar-refractivity contribution in [1.29, 1.82) is 0 Å². The number of hydrogen-bond donors (Lipinski definition) is 2. The average molecular weight is 257 g/mol. The van der Waals surface area contributed by atoms with E-state index in [0.29, 0.717) is 0 Å². The van der Waals surface area contributed by atoms with Crippen LogP contribution in [0.3, 0.4) is 0 Å². The summed E-state index contributed by atoms with van der Waals surface area (Å²) in [5, 5.41) is 12.0. The highest BCUT2D eigenvalue weighted by Gasteiger charge is 2.34. The molecule has 1 atom stereocenters. The zero-order valence-electron chi connectivity index (χ0n) is 10.8. The van der Waals surface area contributed by atoms with Crippen molar-refractivity contribution in [2.75, 3.05) is 26.7 Å². The number of nitrogens with one attached hydrogen (secondary N) is 1. The SMILES string of the molecule is CC(C)C(O)CNC(=O)CN1C(=O)CN(C)C1=O. The van der Waals surface area contributed by atoms with Crippen LogP contribution in [0.25, 0.3) is 0 Å². The molecule has 2 N–H and O–H groups in total. The van der Waals surface area contributed by atoms with Gasteiger partial charge in [0.2, 0.25) is 5.91 Å². The first-order chi connectivity index (χ1) is 8.32. The van der Waals surface area contributed by atoms with E-state index in [0.717, 1.165) is 4.90 Å². The van der Waals surface area contributed by atoms with E-state index in [1.54, 1.807) is 0 Å². The molecule has 1 saturated heterocycles. The van der Waals surface area contributed by atoms with Crippen LogP contribution in [0, 0.1) is 5.92 Å². The molecule has 0 saturated carbocycles. The first-order valence-corrected chi connectivity index (χ1v) is 5.83. The van der Waals surface area contributed by atoms with E-state index in [9.17, 15) is 19.5 Å².